The fourth-order valence-corrected chi connectivity index (χ4v) is 2.69. The van der Waals surface area contributed by atoms with Gasteiger partial charge in [0.15, 0.2) is 0 Å². The largest absolute Gasteiger partial charge is 0.480 e. The topological polar surface area (TPSA) is 69.6 Å². The number of nitrogens with one attached hydrogen (secondary N) is 1. The SMILES string of the molecule is CC(C)N(CC(=O)O)C(=O)NC1CCSC1. The normalized spacial score (nSPS) is 19.8. The first kappa shape index (κ1) is 13.2. The molecule has 1 atom stereocenters. The summed E-state index contributed by atoms with van der Waals surface area (Å²) in [7, 11) is 0. The molecule has 1 fully saturated rings. The second kappa shape index (κ2) is 5.98. The molecule has 92 valence electrons. The van der Waals surface area contributed by atoms with E-state index in [2.05, 4.69) is 5.32 Å². The van der Waals surface area contributed by atoms with E-state index in [1.165, 1.54) is 4.90 Å². The van der Waals surface area contributed by atoms with Crippen LogP contribution in [0.2, 0.25) is 0 Å². The third-order valence-electron chi connectivity index (χ3n) is 2.45. The zero-order valence-electron chi connectivity index (χ0n) is 9.60. The van der Waals surface area contributed by atoms with Crippen molar-refractivity contribution in [3.05, 3.63) is 0 Å². The molecule has 1 heterocycles. The van der Waals surface area contributed by atoms with E-state index in [1.54, 1.807) is 0 Å². The van der Waals surface area contributed by atoms with Crippen molar-refractivity contribution in [2.24, 2.45) is 0 Å². The van der Waals surface area contributed by atoms with E-state index in [4.69, 9.17) is 5.11 Å². The number of nitrogens with zero attached hydrogens (tertiary/aromatic N) is 1. The van der Waals surface area contributed by atoms with Crippen molar-refractivity contribution in [3.63, 3.8) is 0 Å². The third kappa shape index (κ3) is 3.92. The highest BCUT2D eigenvalue weighted by Crippen LogP contribution is 2.17. The van der Waals surface area contributed by atoms with Crippen molar-refractivity contribution in [2.75, 3.05) is 18.1 Å². The van der Waals surface area contributed by atoms with Gasteiger partial charge in [0.1, 0.15) is 6.54 Å². The molecule has 2 amide bonds. The lowest BCUT2D eigenvalue weighted by molar-refractivity contribution is -0.138. The van der Waals surface area contributed by atoms with Gasteiger partial charge in [-0.05, 0) is 26.0 Å². The van der Waals surface area contributed by atoms with Crippen LogP contribution in [0, 0.1) is 0 Å². The second-order valence-electron chi connectivity index (χ2n) is 4.13. The molecule has 1 saturated heterocycles. The van der Waals surface area contributed by atoms with E-state index < -0.39 is 5.97 Å². The number of rotatable bonds is 4. The van der Waals surface area contributed by atoms with Crippen molar-refractivity contribution in [1.29, 1.82) is 0 Å². The molecule has 5 nitrogen and oxygen atoms in total. The Kier molecular flexibility index (Phi) is 4.92. The summed E-state index contributed by atoms with van der Waals surface area (Å²) in [5.41, 5.74) is 0. The van der Waals surface area contributed by atoms with E-state index in [0.29, 0.717) is 0 Å². The predicted octanol–water partition coefficient (Wildman–Crippen LogP) is 0.997. The molecule has 6 heteroatoms. The Labute approximate surface area is 99.6 Å². The van der Waals surface area contributed by atoms with Crippen LogP contribution in [-0.2, 0) is 4.79 Å². The molecule has 0 aromatic carbocycles. The van der Waals surface area contributed by atoms with Gasteiger partial charge in [-0.25, -0.2) is 4.79 Å². The number of amides is 2. The molecular weight excluding hydrogens is 228 g/mol. The van der Waals surface area contributed by atoms with Crippen molar-refractivity contribution in [3.8, 4) is 0 Å². The zero-order valence-corrected chi connectivity index (χ0v) is 10.4. The average Bonchev–Trinajstić information content (AvgIpc) is 2.65. The van der Waals surface area contributed by atoms with Gasteiger partial charge in [0.05, 0.1) is 0 Å². The van der Waals surface area contributed by atoms with Crippen molar-refractivity contribution in [1.82, 2.24) is 10.2 Å². The lowest BCUT2D eigenvalue weighted by Gasteiger charge is -2.26. The predicted molar refractivity (Wildman–Crippen MR) is 63.7 cm³/mol. The van der Waals surface area contributed by atoms with Crippen LogP contribution in [0.15, 0.2) is 0 Å². The molecule has 1 aliphatic heterocycles. The molecule has 1 unspecified atom stereocenters. The van der Waals surface area contributed by atoms with Gasteiger partial charge in [-0.15, -0.1) is 0 Å². The summed E-state index contributed by atoms with van der Waals surface area (Å²) in [6, 6.07) is -0.192. The van der Waals surface area contributed by atoms with Gasteiger partial charge in [0.2, 0.25) is 0 Å². The number of hydrogen-bond donors (Lipinski definition) is 2. The lowest BCUT2D eigenvalue weighted by Crippen LogP contribution is -2.49. The maximum absolute atomic E-state index is 11.8. The Bertz CT molecular complexity index is 265. The fraction of sp³-hybridized carbons (Fsp3) is 0.800. The molecule has 16 heavy (non-hydrogen) atoms. The Hall–Kier alpha value is -0.910. The minimum atomic E-state index is -0.982. The van der Waals surface area contributed by atoms with E-state index in [1.807, 2.05) is 25.6 Å². The van der Waals surface area contributed by atoms with Gasteiger partial charge >= 0.3 is 12.0 Å². The molecule has 0 aromatic rings. The zero-order chi connectivity index (χ0) is 12.1. The molecule has 0 spiro atoms. The van der Waals surface area contributed by atoms with Crippen LogP contribution in [0.4, 0.5) is 4.79 Å². The lowest BCUT2D eigenvalue weighted by atomic mass is 10.2. The van der Waals surface area contributed by atoms with Gasteiger partial charge in [-0.2, -0.15) is 11.8 Å². The van der Waals surface area contributed by atoms with Gasteiger partial charge in [0.25, 0.3) is 0 Å². The fourth-order valence-electron chi connectivity index (χ4n) is 1.54. The average molecular weight is 246 g/mol. The van der Waals surface area contributed by atoms with Crippen LogP contribution in [-0.4, -0.2) is 52.1 Å². The molecule has 1 rings (SSSR count). The smallest absolute Gasteiger partial charge is 0.323 e. The Balaban J connectivity index is 2.49. The Morgan fingerprint density at radius 1 is 1.56 bits per heavy atom. The maximum Gasteiger partial charge on any atom is 0.323 e. The van der Waals surface area contributed by atoms with Gasteiger partial charge in [0, 0.05) is 17.8 Å². The number of urea groups is 1. The molecule has 0 bridgehead atoms. The van der Waals surface area contributed by atoms with Crippen molar-refractivity contribution < 1.29 is 14.7 Å². The molecule has 0 aromatic heterocycles. The summed E-state index contributed by atoms with van der Waals surface area (Å²) < 4.78 is 0. The summed E-state index contributed by atoms with van der Waals surface area (Å²) in [5.74, 6) is 1.00. The first-order valence-corrected chi connectivity index (χ1v) is 6.53. The van der Waals surface area contributed by atoms with E-state index in [9.17, 15) is 9.59 Å². The number of carboxylic acids is 1. The van der Waals surface area contributed by atoms with Crippen molar-refractivity contribution in [2.45, 2.75) is 32.4 Å². The number of thioether (sulfide) groups is 1. The Morgan fingerprint density at radius 2 is 2.25 bits per heavy atom. The van der Waals surface area contributed by atoms with Crippen LogP contribution in [0.3, 0.4) is 0 Å². The van der Waals surface area contributed by atoms with Crippen LogP contribution < -0.4 is 5.32 Å². The first-order valence-electron chi connectivity index (χ1n) is 5.37. The van der Waals surface area contributed by atoms with Gasteiger partial charge < -0.3 is 15.3 Å². The minimum Gasteiger partial charge on any atom is -0.480 e. The highest BCUT2D eigenvalue weighted by Gasteiger charge is 2.24. The standard InChI is InChI=1S/C10H18N2O3S/c1-7(2)12(5-9(13)14)10(15)11-8-3-4-16-6-8/h7-8H,3-6H2,1-2H3,(H,11,15)(H,13,14). The quantitative estimate of drug-likeness (QED) is 0.776. The summed E-state index contributed by atoms with van der Waals surface area (Å²) in [5, 5.41) is 11.6. The highest BCUT2D eigenvalue weighted by atomic mass is 32.2. The summed E-state index contributed by atoms with van der Waals surface area (Å²) in [6.45, 7) is 3.38. The number of carbonyl (C=O) groups is 2. The van der Waals surface area contributed by atoms with Crippen LogP contribution in [0.5, 0.6) is 0 Å². The third-order valence-corrected chi connectivity index (χ3v) is 3.61. The first-order chi connectivity index (χ1) is 7.50. The van der Waals surface area contributed by atoms with Crippen LogP contribution in [0.1, 0.15) is 20.3 Å². The number of carboxylic acid groups (broad SMARTS) is 1. The second-order valence-corrected chi connectivity index (χ2v) is 5.28. The summed E-state index contributed by atoms with van der Waals surface area (Å²) in [4.78, 5) is 23.8. The maximum atomic E-state index is 11.8. The van der Waals surface area contributed by atoms with Gasteiger partial charge in [-0.1, -0.05) is 0 Å². The van der Waals surface area contributed by atoms with Crippen molar-refractivity contribution >= 4 is 23.8 Å². The summed E-state index contributed by atoms with van der Waals surface area (Å²) >= 11 is 1.81. The monoisotopic (exact) mass is 246 g/mol. The van der Waals surface area contributed by atoms with Gasteiger partial charge in [-0.3, -0.25) is 4.79 Å². The minimum absolute atomic E-state index is 0.106. The highest BCUT2D eigenvalue weighted by molar-refractivity contribution is 7.99. The molecule has 1 aliphatic rings. The van der Waals surface area contributed by atoms with Crippen LogP contribution in [0.25, 0.3) is 0 Å². The molecule has 2 N–H and O–H groups in total. The molecule has 0 saturated carbocycles. The van der Waals surface area contributed by atoms with Crippen LogP contribution >= 0.6 is 11.8 Å². The van der Waals surface area contributed by atoms with E-state index in [-0.39, 0.29) is 24.7 Å². The molecular formula is C10H18N2O3S. The number of carbonyl (C=O) groups excluding carboxylic acids is 1. The number of aliphatic carboxylic acids is 1. The molecule has 0 radical (unpaired) electrons. The summed E-state index contributed by atoms with van der Waals surface area (Å²) in [6.07, 6.45) is 0.968. The Morgan fingerprint density at radius 3 is 2.69 bits per heavy atom. The van der Waals surface area contributed by atoms with E-state index >= 15 is 0 Å². The number of hydrogen-bond acceptors (Lipinski definition) is 3. The molecule has 0 aliphatic carbocycles. The van der Waals surface area contributed by atoms with E-state index in [0.717, 1.165) is 17.9 Å².